The van der Waals surface area contributed by atoms with Crippen molar-refractivity contribution in [3.05, 3.63) is 77.2 Å². The lowest BCUT2D eigenvalue weighted by Gasteiger charge is -2.09. The van der Waals surface area contributed by atoms with Crippen molar-refractivity contribution in [1.82, 2.24) is 19.4 Å². The van der Waals surface area contributed by atoms with Crippen molar-refractivity contribution < 1.29 is 4.39 Å². The third-order valence-corrected chi connectivity index (χ3v) is 4.28. The zero-order valence-electron chi connectivity index (χ0n) is 13.9. The maximum Gasteiger partial charge on any atom is 0.222 e. The molecule has 0 atom stereocenters. The Morgan fingerprint density at radius 3 is 2.69 bits per heavy atom. The highest BCUT2D eigenvalue weighted by atomic mass is 35.5. The van der Waals surface area contributed by atoms with Gasteiger partial charge in [0, 0.05) is 18.9 Å². The first-order valence-corrected chi connectivity index (χ1v) is 8.43. The molecule has 0 saturated heterocycles. The summed E-state index contributed by atoms with van der Waals surface area (Å²) in [6, 6.07) is 10.3. The lowest BCUT2D eigenvalue weighted by atomic mass is 10.2. The van der Waals surface area contributed by atoms with Crippen LogP contribution in [-0.2, 0) is 6.54 Å². The van der Waals surface area contributed by atoms with E-state index in [0.29, 0.717) is 6.54 Å². The highest BCUT2D eigenvalue weighted by Gasteiger charge is 2.11. The second-order valence-corrected chi connectivity index (χ2v) is 6.28. The Morgan fingerprint density at radius 2 is 1.88 bits per heavy atom. The van der Waals surface area contributed by atoms with E-state index < -0.39 is 0 Å². The number of anilines is 1. The molecule has 0 spiro atoms. The van der Waals surface area contributed by atoms with Gasteiger partial charge in [-0.25, -0.2) is 19.3 Å². The van der Waals surface area contributed by atoms with E-state index in [-0.39, 0.29) is 11.1 Å². The van der Waals surface area contributed by atoms with Gasteiger partial charge >= 0.3 is 0 Å². The molecule has 0 aliphatic heterocycles. The minimum absolute atomic E-state index is 0.200. The number of fused-ring (bicyclic) bond motifs is 1. The first kappa shape index (κ1) is 16.5. The molecule has 0 saturated carbocycles. The lowest BCUT2D eigenvalue weighted by Crippen LogP contribution is -2.01. The Kier molecular flexibility index (Phi) is 4.26. The van der Waals surface area contributed by atoms with E-state index in [1.54, 1.807) is 24.5 Å². The van der Waals surface area contributed by atoms with Crippen LogP contribution in [0.15, 0.2) is 55.0 Å². The largest absolute Gasteiger partial charge is 0.380 e. The van der Waals surface area contributed by atoms with E-state index in [2.05, 4.69) is 20.3 Å². The Labute approximate surface area is 154 Å². The molecule has 0 aliphatic rings. The topological polar surface area (TPSA) is 55.1 Å². The average molecular weight is 368 g/mol. The second-order valence-electron chi connectivity index (χ2n) is 5.94. The van der Waals surface area contributed by atoms with Crippen LogP contribution in [0.2, 0.25) is 5.28 Å². The summed E-state index contributed by atoms with van der Waals surface area (Å²) in [5.74, 6) is -0.239. The smallest absolute Gasteiger partial charge is 0.222 e. The van der Waals surface area contributed by atoms with Crippen molar-refractivity contribution in [2.24, 2.45) is 0 Å². The minimum Gasteiger partial charge on any atom is -0.380 e. The summed E-state index contributed by atoms with van der Waals surface area (Å²) in [7, 11) is 0. The van der Waals surface area contributed by atoms with Crippen molar-refractivity contribution in [3.8, 4) is 11.4 Å². The average Bonchev–Trinajstić information content (AvgIpc) is 3.06. The summed E-state index contributed by atoms with van der Waals surface area (Å²) in [6.07, 6.45) is 5.42. The van der Waals surface area contributed by atoms with Crippen LogP contribution in [0.5, 0.6) is 0 Å². The van der Waals surface area contributed by atoms with Crippen molar-refractivity contribution in [3.63, 3.8) is 0 Å². The number of aromatic nitrogens is 4. The van der Waals surface area contributed by atoms with Crippen LogP contribution >= 0.6 is 11.6 Å². The monoisotopic (exact) mass is 367 g/mol. The van der Waals surface area contributed by atoms with E-state index in [4.69, 9.17) is 11.6 Å². The predicted octanol–water partition coefficient (Wildman–Crippen LogP) is 4.50. The quantitative estimate of drug-likeness (QED) is 0.539. The number of aryl methyl sites for hydroxylation is 1. The van der Waals surface area contributed by atoms with E-state index in [9.17, 15) is 4.39 Å². The Hall–Kier alpha value is -2.99. The zero-order valence-corrected chi connectivity index (χ0v) is 14.7. The van der Waals surface area contributed by atoms with Gasteiger partial charge < -0.3 is 5.32 Å². The van der Waals surface area contributed by atoms with Crippen LogP contribution in [0.25, 0.3) is 17.0 Å². The number of nitrogens with zero attached hydrogens (tertiary/aromatic N) is 4. The van der Waals surface area contributed by atoms with Crippen LogP contribution in [0, 0.1) is 12.7 Å². The van der Waals surface area contributed by atoms with Crippen molar-refractivity contribution in [1.29, 1.82) is 0 Å². The van der Waals surface area contributed by atoms with E-state index in [1.807, 2.05) is 29.7 Å². The van der Waals surface area contributed by atoms with Gasteiger partial charge in [0.25, 0.3) is 0 Å². The van der Waals surface area contributed by atoms with Gasteiger partial charge in [0.2, 0.25) is 5.28 Å². The normalized spacial score (nSPS) is 11.0. The molecule has 0 radical (unpaired) electrons. The Morgan fingerprint density at radius 1 is 1.08 bits per heavy atom. The molecule has 7 heteroatoms. The number of imidazole rings is 1. The number of hydrogen-bond donors (Lipinski definition) is 1. The third-order valence-electron chi connectivity index (χ3n) is 4.10. The van der Waals surface area contributed by atoms with Crippen molar-refractivity contribution in [2.45, 2.75) is 13.5 Å². The number of hydrogen-bond acceptors (Lipinski definition) is 4. The van der Waals surface area contributed by atoms with Crippen LogP contribution in [0.1, 0.15) is 11.1 Å². The molecule has 1 N–H and O–H groups in total. The lowest BCUT2D eigenvalue weighted by molar-refractivity contribution is 0.627. The van der Waals surface area contributed by atoms with Gasteiger partial charge in [0.15, 0.2) is 0 Å². The van der Waals surface area contributed by atoms with Gasteiger partial charge in [-0.1, -0.05) is 12.1 Å². The van der Waals surface area contributed by atoms with Crippen LogP contribution < -0.4 is 5.32 Å². The molecule has 0 aliphatic carbocycles. The van der Waals surface area contributed by atoms with Gasteiger partial charge in [0.05, 0.1) is 23.3 Å². The molecule has 3 heterocycles. The molecule has 4 rings (SSSR count). The summed E-state index contributed by atoms with van der Waals surface area (Å²) in [6.45, 7) is 2.52. The molecule has 26 heavy (non-hydrogen) atoms. The highest BCUT2D eigenvalue weighted by Crippen LogP contribution is 2.24. The molecule has 1 aromatic carbocycles. The molecular formula is C19H15ClFN5. The maximum atomic E-state index is 13.0. The predicted molar refractivity (Wildman–Crippen MR) is 99.7 cm³/mol. The molecule has 5 nitrogen and oxygen atoms in total. The first-order chi connectivity index (χ1) is 12.6. The fourth-order valence-electron chi connectivity index (χ4n) is 2.75. The number of benzene rings is 1. The van der Waals surface area contributed by atoms with Crippen LogP contribution in [0.4, 0.5) is 10.1 Å². The molecule has 0 amide bonds. The standard InChI is InChI=1S/C19H15ClFN5/c1-12-8-24-19(20)25-18(12)16-10-23-17-7-6-15(11-26(16)17)22-9-13-2-4-14(21)5-3-13/h2-8,10-11,22H,9H2,1H3. The second kappa shape index (κ2) is 6.72. The summed E-state index contributed by atoms with van der Waals surface area (Å²) in [5, 5.41) is 3.54. The SMILES string of the molecule is Cc1cnc(Cl)nc1-c1cnc2ccc(NCc3ccc(F)cc3)cn12. The number of halogens is 2. The summed E-state index contributed by atoms with van der Waals surface area (Å²) in [4.78, 5) is 12.8. The van der Waals surface area contributed by atoms with Gasteiger partial charge in [-0.15, -0.1) is 0 Å². The first-order valence-electron chi connectivity index (χ1n) is 8.05. The number of pyridine rings is 1. The van der Waals surface area contributed by atoms with Crippen molar-refractivity contribution >= 4 is 22.9 Å². The van der Waals surface area contributed by atoms with E-state index in [0.717, 1.165) is 33.8 Å². The molecule has 130 valence electrons. The third kappa shape index (κ3) is 3.23. The van der Waals surface area contributed by atoms with Crippen molar-refractivity contribution in [2.75, 3.05) is 5.32 Å². The van der Waals surface area contributed by atoms with Gasteiger partial charge in [-0.2, -0.15) is 0 Å². The molecule has 0 fully saturated rings. The van der Waals surface area contributed by atoms with Gasteiger partial charge in [-0.05, 0) is 53.9 Å². The zero-order chi connectivity index (χ0) is 18.1. The Bertz CT molecular complexity index is 1080. The molecule has 4 aromatic rings. The molecule has 3 aromatic heterocycles. The number of nitrogens with one attached hydrogen (secondary N) is 1. The fraction of sp³-hybridized carbons (Fsp3) is 0.105. The maximum absolute atomic E-state index is 13.0. The fourth-order valence-corrected chi connectivity index (χ4v) is 2.88. The van der Waals surface area contributed by atoms with Crippen LogP contribution in [-0.4, -0.2) is 19.4 Å². The van der Waals surface area contributed by atoms with Crippen LogP contribution in [0.3, 0.4) is 0 Å². The summed E-state index contributed by atoms with van der Waals surface area (Å²) in [5.41, 5.74) is 5.22. The summed E-state index contributed by atoms with van der Waals surface area (Å²) >= 11 is 5.95. The molecular weight excluding hydrogens is 353 g/mol. The van der Waals surface area contributed by atoms with E-state index >= 15 is 0 Å². The highest BCUT2D eigenvalue weighted by molar-refractivity contribution is 6.28. The molecule has 0 unspecified atom stereocenters. The molecule has 0 bridgehead atoms. The Balaban J connectivity index is 1.66. The van der Waals surface area contributed by atoms with E-state index in [1.165, 1.54) is 12.1 Å². The number of rotatable bonds is 4. The minimum atomic E-state index is -0.239. The summed E-state index contributed by atoms with van der Waals surface area (Å²) < 4.78 is 15.0. The van der Waals surface area contributed by atoms with Gasteiger partial charge in [-0.3, -0.25) is 4.40 Å². The van der Waals surface area contributed by atoms with Gasteiger partial charge in [0.1, 0.15) is 11.5 Å².